The average Bonchev–Trinajstić information content (AvgIpc) is 2.66. The molecule has 2 rings (SSSR count). The molecule has 0 amide bonds. The van der Waals surface area contributed by atoms with Crippen molar-refractivity contribution in [3.05, 3.63) is 29.3 Å². The van der Waals surface area contributed by atoms with Crippen LogP contribution < -0.4 is 0 Å². The van der Waals surface area contributed by atoms with Crippen LogP contribution in [0.1, 0.15) is 122 Å². The molecule has 1 fully saturated rings. The second kappa shape index (κ2) is 11.2. The molecule has 0 spiro atoms. The van der Waals surface area contributed by atoms with Crippen LogP contribution in [0.5, 0.6) is 5.75 Å². The maximum atomic E-state index is 10.9. The smallest absolute Gasteiger partial charge is 0.119 e. The SMILES string of the molecule is CCCCCCC(C)(C)c1ccc([C@H]2C[C@H](O)CC[C@@H]2CCCCC)c(O)c1. The Kier molecular flexibility index (Phi) is 9.34. The number of benzene rings is 1. The second-order valence-corrected chi connectivity index (χ2v) is 9.80. The lowest BCUT2D eigenvalue weighted by atomic mass is 9.71. The van der Waals surface area contributed by atoms with E-state index in [0.29, 0.717) is 17.6 Å². The monoisotopic (exact) mass is 388 g/mol. The molecule has 0 aliphatic heterocycles. The first-order valence-electron chi connectivity index (χ1n) is 11.9. The predicted octanol–water partition coefficient (Wildman–Crippen LogP) is 7.47. The molecule has 0 heterocycles. The van der Waals surface area contributed by atoms with Crippen LogP contribution in [-0.4, -0.2) is 16.3 Å². The van der Waals surface area contributed by atoms with Gasteiger partial charge in [0.15, 0.2) is 0 Å². The summed E-state index contributed by atoms with van der Waals surface area (Å²) in [6, 6.07) is 6.41. The Labute approximate surface area is 173 Å². The third-order valence-corrected chi connectivity index (χ3v) is 7.01. The Morgan fingerprint density at radius 2 is 1.68 bits per heavy atom. The number of hydrogen-bond acceptors (Lipinski definition) is 2. The van der Waals surface area contributed by atoms with Crippen molar-refractivity contribution in [3.63, 3.8) is 0 Å². The Morgan fingerprint density at radius 3 is 2.36 bits per heavy atom. The van der Waals surface area contributed by atoms with E-state index in [0.717, 1.165) is 31.2 Å². The molecule has 0 unspecified atom stereocenters. The molecule has 2 N–H and O–H groups in total. The van der Waals surface area contributed by atoms with Crippen molar-refractivity contribution in [1.29, 1.82) is 0 Å². The van der Waals surface area contributed by atoms with E-state index in [2.05, 4.69) is 39.8 Å². The normalized spacial score (nSPS) is 23.1. The zero-order chi connectivity index (χ0) is 20.6. The van der Waals surface area contributed by atoms with Gasteiger partial charge in [-0.15, -0.1) is 0 Å². The Bertz CT molecular complexity index is 578. The number of unbranched alkanes of at least 4 members (excludes halogenated alkanes) is 5. The first-order valence-corrected chi connectivity index (χ1v) is 11.9. The van der Waals surface area contributed by atoms with Gasteiger partial charge in [0.25, 0.3) is 0 Å². The molecule has 0 aromatic heterocycles. The number of aliphatic hydroxyl groups excluding tert-OH is 1. The van der Waals surface area contributed by atoms with E-state index in [9.17, 15) is 10.2 Å². The quantitative estimate of drug-likeness (QED) is 0.386. The second-order valence-electron chi connectivity index (χ2n) is 9.80. The highest BCUT2D eigenvalue weighted by molar-refractivity contribution is 5.42. The average molecular weight is 389 g/mol. The van der Waals surface area contributed by atoms with Gasteiger partial charge >= 0.3 is 0 Å². The van der Waals surface area contributed by atoms with Gasteiger partial charge in [-0.05, 0) is 66.5 Å². The van der Waals surface area contributed by atoms with Crippen LogP contribution in [0.25, 0.3) is 0 Å². The molecule has 1 aromatic carbocycles. The molecule has 1 aliphatic rings. The fourth-order valence-electron chi connectivity index (χ4n) is 5.01. The van der Waals surface area contributed by atoms with Crippen LogP contribution in [0.4, 0.5) is 0 Å². The van der Waals surface area contributed by atoms with Crippen molar-refractivity contribution in [2.45, 2.75) is 122 Å². The maximum absolute atomic E-state index is 10.9. The standard InChI is InChI=1S/C26H44O2/c1-5-7-9-11-17-26(3,4)21-14-16-23(25(28)18-21)24-19-22(27)15-13-20(24)12-10-8-6-2/h14,16,18,20,22,24,27-28H,5-13,15,17,19H2,1-4H3/t20-,22+,24-/m0/s1. The van der Waals surface area contributed by atoms with Gasteiger partial charge in [-0.25, -0.2) is 0 Å². The van der Waals surface area contributed by atoms with Gasteiger partial charge in [0, 0.05) is 0 Å². The number of rotatable bonds is 11. The minimum absolute atomic E-state index is 0.0936. The molecule has 0 saturated heterocycles. The molecule has 0 bridgehead atoms. The zero-order valence-electron chi connectivity index (χ0n) is 18.8. The van der Waals surface area contributed by atoms with E-state index in [4.69, 9.17) is 0 Å². The largest absolute Gasteiger partial charge is 0.508 e. The highest BCUT2D eigenvalue weighted by atomic mass is 16.3. The lowest BCUT2D eigenvalue weighted by Gasteiger charge is -2.35. The number of hydrogen-bond donors (Lipinski definition) is 2. The predicted molar refractivity (Wildman–Crippen MR) is 120 cm³/mol. The zero-order valence-corrected chi connectivity index (χ0v) is 18.8. The van der Waals surface area contributed by atoms with Gasteiger partial charge in [-0.2, -0.15) is 0 Å². The minimum atomic E-state index is -0.221. The molecular weight excluding hydrogens is 344 g/mol. The Hall–Kier alpha value is -1.02. The summed E-state index contributed by atoms with van der Waals surface area (Å²) < 4.78 is 0. The van der Waals surface area contributed by atoms with Gasteiger partial charge in [0.1, 0.15) is 5.75 Å². The highest BCUT2D eigenvalue weighted by Gasteiger charge is 2.32. The lowest BCUT2D eigenvalue weighted by molar-refractivity contribution is 0.0896. The van der Waals surface area contributed by atoms with E-state index < -0.39 is 0 Å². The topological polar surface area (TPSA) is 40.5 Å². The van der Waals surface area contributed by atoms with Gasteiger partial charge < -0.3 is 10.2 Å². The summed E-state index contributed by atoms with van der Waals surface area (Å²) in [5.74, 6) is 1.33. The molecule has 2 nitrogen and oxygen atoms in total. The highest BCUT2D eigenvalue weighted by Crippen LogP contribution is 2.44. The van der Waals surface area contributed by atoms with Crippen molar-refractivity contribution in [2.24, 2.45) is 5.92 Å². The van der Waals surface area contributed by atoms with Crippen LogP contribution >= 0.6 is 0 Å². The third kappa shape index (κ3) is 6.51. The van der Waals surface area contributed by atoms with Crippen LogP contribution in [0.3, 0.4) is 0 Å². The van der Waals surface area contributed by atoms with Crippen molar-refractivity contribution in [1.82, 2.24) is 0 Å². The fraction of sp³-hybridized carbons (Fsp3) is 0.769. The molecular formula is C26H44O2. The summed E-state index contributed by atoms with van der Waals surface area (Å²) in [6.07, 6.45) is 13.9. The summed E-state index contributed by atoms with van der Waals surface area (Å²) >= 11 is 0. The number of aliphatic hydroxyl groups is 1. The van der Waals surface area contributed by atoms with Crippen LogP contribution in [0.2, 0.25) is 0 Å². The first-order chi connectivity index (χ1) is 13.4. The van der Waals surface area contributed by atoms with E-state index in [1.54, 1.807) is 0 Å². The van der Waals surface area contributed by atoms with Gasteiger partial charge in [-0.3, -0.25) is 0 Å². The van der Waals surface area contributed by atoms with Crippen LogP contribution in [0, 0.1) is 5.92 Å². The molecule has 160 valence electrons. The van der Waals surface area contributed by atoms with E-state index in [1.165, 1.54) is 56.9 Å². The summed E-state index contributed by atoms with van der Waals surface area (Å²) in [7, 11) is 0. The number of phenolic OH excluding ortho intramolecular Hbond substituents is 1. The Morgan fingerprint density at radius 1 is 0.964 bits per heavy atom. The Balaban J connectivity index is 2.11. The first kappa shape index (κ1) is 23.3. The molecule has 3 atom stereocenters. The fourth-order valence-corrected chi connectivity index (χ4v) is 5.01. The van der Waals surface area contributed by atoms with Crippen molar-refractivity contribution < 1.29 is 10.2 Å². The van der Waals surface area contributed by atoms with Crippen molar-refractivity contribution in [2.75, 3.05) is 0 Å². The van der Waals surface area contributed by atoms with Crippen molar-refractivity contribution in [3.8, 4) is 5.75 Å². The number of phenols is 1. The van der Waals surface area contributed by atoms with Crippen LogP contribution in [-0.2, 0) is 5.41 Å². The van der Waals surface area contributed by atoms with Crippen LogP contribution in [0.15, 0.2) is 18.2 Å². The van der Waals surface area contributed by atoms with Gasteiger partial charge in [0.05, 0.1) is 6.10 Å². The van der Waals surface area contributed by atoms with E-state index in [-0.39, 0.29) is 11.5 Å². The minimum Gasteiger partial charge on any atom is -0.508 e. The van der Waals surface area contributed by atoms with Gasteiger partial charge in [-0.1, -0.05) is 84.8 Å². The van der Waals surface area contributed by atoms with Crippen molar-refractivity contribution >= 4 is 0 Å². The molecule has 1 aromatic rings. The van der Waals surface area contributed by atoms with E-state index in [1.807, 2.05) is 6.07 Å². The molecule has 1 aliphatic carbocycles. The van der Waals surface area contributed by atoms with Gasteiger partial charge in [0.2, 0.25) is 0 Å². The summed E-state index contributed by atoms with van der Waals surface area (Å²) in [5, 5.41) is 21.2. The summed E-state index contributed by atoms with van der Waals surface area (Å²) in [6.45, 7) is 9.09. The molecule has 0 radical (unpaired) electrons. The van der Waals surface area contributed by atoms with E-state index >= 15 is 0 Å². The third-order valence-electron chi connectivity index (χ3n) is 7.01. The summed E-state index contributed by atoms with van der Waals surface area (Å²) in [5.41, 5.74) is 2.39. The molecule has 1 saturated carbocycles. The molecule has 2 heteroatoms. The summed E-state index contributed by atoms with van der Waals surface area (Å²) in [4.78, 5) is 0. The lowest BCUT2D eigenvalue weighted by Crippen LogP contribution is -2.26. The molecule has 28 heavy (non-hydrogen) atoms. The number of aromatic hydroxyl groups is 1. The maximum Gasteiger partial charge on any atom is 0.119 e.